The number of nitrogens with one attached hydrogen (secondary N) is 2. The Labute approximate surface area is 123 Å². The van der Waals surface area contributed by atoms with Crippen LogP contribution in [0.3, 0.4) is 0 Å². The number of H-pyrrole nitrogens is 1. The van der Waals surface area contributed by atoms with E-state index in [4.69, 9.17) is 4.74 Å². The van der Waals surface area contributed by atoms with E-state index in [-0.39, 0.29) is 16.7 Å². The molecule has 0 aromatic carbocycles. The van der Waals surface area contributed by atoms with Gasteiger partial charge in [-0.2, -0.15) is 0 Å². The van der Waals surface area contributed by atoms with Gasteiger partial charge in [-0.25, -0.2) is 4.79 Å². The number of ether oxygens (including phenoxy) is 1. The van der Waals surface area contributed by atoms with Gasteiger partial charge in [0.25, 0.3) is 5.56 Å². The number of piperidine rings is 1. The maximum atomic E-state index is 12.4. The van der Waals surface area contributed by atoms with Crippen molar-refractivity contribution in [2.24, 2.45) is 5.41 Å². The SMILES string of the molecule is CC(C)(C)Cn1c2c(c(=O)[nH]c1=O)C1(CCNCC1)OC2. The highest BCUT2D eigenvalue weighted by Crippen LogP contribution is 2.40. The Bertz CT molecular complexity index is 660. The van der Waals surface area contributed by atoms with Crippen LogP contribution in [0.25, 0.3) is 0 Å². The highest BCUT2D eigenvalue weighted by molar-refractivity contribution is 5.29. The molecule has 0 bridgehead atoms. The predicted molar refractivity (Wildman–Crippen MR) is 79.3 cm³/mol. The summed E-state index contributed by atoms with van der Waals surface area (Å²) < 4.78 is 7.71. The highest BCUT2D eigenvalue weighted by atomic mass is 16.5. The van der Waals surface area contributed by atoms with Crippen molar-refractivity contribution < 1.29 is 4.74 Å². The normalized spacial score (nSPS) is 20.7. The van der Waals surface area contributed by atoms with Gasteiger partial charge in [0.15, 0.2) is 0 Å². The average molecular weight is 293 g/mol. The van der Waals surface area contributed by atoms with E-state index in [1.807, 2.05) is 0 Å². The molecule has 2 N–H and O–H groups in total. The van der Waals surface area contributed by atoms with Crippen molar-refractivity contribution in [2.45, 2.75) is 52.4 Å². The quantitative estimate of drug-likeness (QED) is 0.799. The Kier molecular flexibility index (Phi) is 3.33. The third-order valence-electron chi connectivity index (χ3n) is 4.29. The minimum Gasteiger partial charge on any atom is -0.364 e. The van der Waals surface area contributed by atoms with E-state index in [1.54, 1.807) is 4.57 Å². The number of rotatable bonds is 1. The Morgan fingerprint density at radius 1 is 1.24 bits per heavy atom. The lowest BCUT2D eigenvalue weighted by Crippen LogP contribution is -2.45. The van der Waals surface area contributed by atoms with Crippen LogP contribution in [0.2, 0.25) is 0 Å². The van der Waals surface area contributed by atoms with Crippen molar-refractivity contribution in [1.29, 1.82) is 0 Å². The van der Waals surface area contributed by atoms with E-state index in [2.05, 4.69) is 31.1 Å². The van der Waals surface area contributed by atoms with Crippen molar-refractivity contribution in [1.82, 2.24) is 14.9 Å². The molecule has 3 rings (SSSR count). The highest BCUT2D eigenvalue weighted by Gasteiger charge is 2.45. The number of hydrogen-bond donors (Lipinski definition) is 2. The lowest BCUT2D eigenvalue weighted by atomic mass is 9.86. The van der Waals surface area contributed by atoms with E-state index in [0.29, 0.717) is 18.7 Å². The van der Waals surface area contributed by atoms with Gasteiger partial charge in [-0.3, -0.25) is 14.3 Å². The lowest BCUT2D eigenvalue weighted by Gasteiger charge is -2.33. The predicted octanol–water partition coefficient (Wildman–Crippen LogP) is 0.692. The monoisotopic (exact) mass is 293 g/mol. The third-order valence-corrected chi connectivity index (χ3v) is 4.29. The molecule has 0 radical (unpaired) electrons. The fourth-order valence-electron chi connectivity index (χ4n) is 3.38. The van der Waals surface area contributed by atoms with Crippen molar-refractivity contribution >= 4 is 0 Å². The van der Waals surface area contributed by atoms with Crippen molar-refractivity contribution in [3.63, 3.8) is 0 Å². The molecule has 0 saturated carbocycles. The molecule has 0 atom stereocenters. The molecule has 21 heavy (non-hydrogen) atoms. The van der Waals surface area contributed by atoms with Crippen LogP contribution in [0.5, 0.6) is 0 Å². The fourth-order valence-corrected chi connectivity index (χ4v) is 3.38. The van der Waals surface area contributed by atoms with E-state index in [1.165, 1.54) is 0 Å². The number of nitrogens with zero attached hydrogens (tertiary/aromatic N) is 1. The summed E-state index contributed by atoms with van der Waals surface area (Å²) in [7, 11) is 0. The topological polar surface area (TPSA) is 76.1 Å². The van der Waals surface area contributed by atoms with Crippen LogP contribution in [0, 0.1) is 5.41 Å². The van der Waals surface area contributed by atoms with Crippen LogP contribution in [-0.2, 0) is 23.5 Å². The molecule has 6 nitrogen and oxygen atoms in total. The van der Waals surface area contributed by atoms with Crippen LogP contribution in [0.15, 0.2) is 9.59 Å². The Morgan fingerprint density at radius 2 is 1.90 bits per heavy atom. The number of fused-ring (bicyclic) bond motifs is 2. The van der Waals surface area contributed by atoms with Crippen LogP contribution in [-0.4, -0.2) is 22.6 Å². The second-order valence-corrected chi connectivity index (χ2v) is 7.26. The summed E-state index contributed by atoms with van der Waals surface area (Å²) in [5, 5.41) is 3.29. The molecule has 0 amide bonds. The molecule has 1 saturated heterocycles. The maximum Gasteiger partial charge on any atom is 0.328 e. The Balaban J connectivity index is 2.15. The molecule has 2 aliphatic rings. The standard InChI is InChI=1S/C15H23N3O3/c1-14(2,3)9-18-10-8-21-15(4-6-16-7-5-15)11(10)12(19)17-13(18)20/h16H,4-9H2,1-3H3,(H,17,19,20). The molecule has 1 spiro atoms. The number of hydrogen-bond acceptors (Lipinski definition) is 4. The van der Waals surface area contributed by atoms with Crippen molar-refractivity contribution in [3.8, 4) is 0 Å². The second-order valence-electron chi connectivity index (χ2n) is 7.26. The first kappa shape index (κ1) is 14.5. The van der Waals surface area contributed by atoms with Crippen molar-refractivity contribution in [2.75, 3.05) is 13.1 Å². The average Bonchev–Trinajstić information content (AvgIpc) is 2.74. The van der Waals surface area contributed by atoms with Gasteiger partial charge >= 0.3 is 5.69 Å². The molecule has 6 heteroatoms. The molecule has 0 unspecified atom stereocenters. The molecular formula is C15H23N3O3. The van der Waals surface area contributed by atoms with Crippen molar-refractivity contribution in [3.05, 3.63) is 32.1 Å². The van der Waals surface area contributed by atoms with Gasteiger partial charge in [0, 0.05) is 6.54 Å². The molecule has 3 heterocycles. The first-order valence-corrected chi connectivity index (χ1v) is 7.54. The summed E-state index contributed by atoms with van der Waals surface area (Å²) in [4.78, 5) is 27.0. The summed E-state index contributed by atoms with van der Waals surface area (Å²) >= 11 is 0. The van der Waals surface area contributed by atoms with Gasteiger partial charge in [-0.15, -0.1) is 0 Å². The van der Waals surface area contributed by atoms with Gasteiger partial charge < -0.3 is 10.1 Å². The van der Waals surface area contributed by atoms with E-state index in [9.17, 15) is 9.59 Å². The molecule has 1 aromatic heterocycles. The smallest absolute Gasteiger partial charge is 0.328 e. The third kappa shape index (κ3) is 2.46. The fraction of sp³-hybridized carbons (Fsp3) is 0.733. The first-order valence-electron chi connectivity index (χ1n) is 7.54. The number of aromatic amines is 1. The minimum atomic E-state index is -0.512. The van der Waals surface area contributed by atoms with Crippen LogP contribution in [0.4, 0.5) is 0 Å². The zero-order valence-corrected chi connectivity index (χ0v) is 12.9. The van der Waals surface area contributed by atoms with Crippen LogP contribution in [0.1, 0.15) is 44.9 Å². The van der Waals surface area contributed by atoms with Gasteiger partial charge in [0.05, 0.1) is 17.9 Å². The van der Waals surface area contributed by atoms with E-state index < -0.39 is 5.60 Å². The Hall–Kier alpha value is -1.40. The summed E-state index contributed by atoms with van der Waals surface area (Å²) in [5.74, 6) is 0. The summed E-state index contributed by atoms with van der Waals surface area (Å²) in [5.41, 5.74) is 0.276. The number of aromatic nitrogens is 2. The second kappa shape index (κ2) is 4.81. The van der Waals surface area contributed by atoms with E-state index in [0.717, 1.165) is 31.6 Å². The largest absolute Gasteiger partial charge is 0.364 e. The van der Waals surface area contributed by atoms with Crippen LogP contribution >= 0.6 is 0 Å². The molecular weight excluding hydrogens is 270 g/mol. The summed E-state index contributed by atoms with van der Waals surface area (Å²) in [6.07, 6.45) is 1.55. The van der Waals surface area contributed by atoms with E-state index >= 15 is 0 Å². The van der Waals surface area contributed by atoms with Gasteiger partial charge in [0.2, 0.25) is 0 Å². The van der Waals surface area contributed by atoms with Gasteiger partial charge in [0.1, 0.15) is 5.60 Å². The van der Waals surface area contributed by atoms with Gasteiger partial charge in [-0.05, 0) is 31.3 Å². The first-order chi connectivity index (χ1) is 9.82. The lowest BCUT2D eigenvalue weighted by molar-refractivity contribution is -0.0602. The van der Waals surface area contributed by atoms with Gasteiger partial charge in [-0.1, -0.05) is 20.8 Å². The zero-order chi connectivity index (χ0) is 15.3. The molecule has 1 aromatic rings. The maximum absolute atomic E-state index is 12.4. The summed E-state index contributed by atoms with van der Waals surface area (Å²) in [6, 6.07) is 0. The molecule has 1 fully saturated rings. The summed E-state index contributed by atoms with van der Waals surface area (Å²) in [6.45, 7) is 8.81. The molecule has 2 aliphatic heterocycles. The minimum absolute atomic E-state index is 0.0420. The molecule has 116 valence electrons. The molecule has 0 aliphatic carbocycles. The zero-order valence-electron chi connectivity index (χ0n) is 12.9. The van der Waals surface area contributed by atoms with Crippen LogP contribution < -0.4 is 16.6 Å². The Morgan fingerprint density at radius 3 is 2.52 bits per heavy atom.